The van der Waals surface area contributed by atoms with Crippen molar-refractivity contribution in [2.75, 3.05) is 7.11 Å². The van der Waals surface area contributed by atoms with E-state index in [0.29, 0.717) is 5.92 Å². The Kier molecular flexibility index (Phi) is 3.95. The summed E-state index contributed by atoms with van der Waals surface area (Å²) in [5, 5.41) is 2.52. The average molecular weight is 283 g/mol. The number of carbonyl (C=O) groups excluding carboxylic acids is 2. The molecule has 1 saturated carbocycles. The van der Waals surface area contributed by atoms with Crippen molar-refractivity contribution in [3.8, 4) is 0 Å². The van der Waals surface area contributed by atoms with Gasteiger partial charge in [-0.2, -0.15) is 0 Å². The van der Waals surface area contributed by atoms with Crippen molar-refractivity contribution in [1.82, 2.24) is 10.2 Å². The molecule has 4 atom stereocenters. The number of hydrogen-bond donors (Lipinski definition) is 2. The molecule has 0 spiro atoms. The van der Waals surface area contributed by atoms with Gasteiger partial charge < -0.3 is 15.4 Å². The number of nitrogens with two attached hydrogens (primary N) is 1. The van der Waals surface area contributed by atoms with Crippen molar-refractivity contribution >= 4 is 12.0 Å². The molecule has 6 nitrogen and oxygen atoms in total. The number of fused-ring (bicyclic) bond motifs is 2. The van der Waals surface area contributed by atoms with Gasteiger partial charge in [0, 0.05) is 12.1 Å². The van der Waals surface area contributed by atoms with Gasteiger partial charge in [-0.15, -0.1) is 0 Å². The number of alkyl carbamates (subject to hydrolysis) is 1. The predicted molar refractivity (Wildman–Crippen MR) is 74.7 cm³/mol. The van der Waals surface area contributed by atoms with Crippen LogP contribution in [0.1, 0.15) is 40.0 Å². The minimum Gasteiger partial charge on any atom is -0.453 e. The number of rotatable bonds is 3. The molecule has 2 fully saturated rings. The summed E-state index contributed by atoms with van der Waals surface area (Å²) in [4.78, 5) is 26.3. The molecule has 2 aliphatic rings. The number of hydrogen-bond acceptors (Lipinski definition) is 4. The first kappa shape index (κ1) is 15.1. The Bertz CT molecular complexity index is 410. The molecular weight excluding hydrogens is 258 g/mol. The van der Waals surface area contributed by atoms with Gasteiger partial charge in [0.1, 0.15) is 0 Å². The smallest absolute Gasteiger partial charge is 0.408 e. The molecule has 6 heteroatoms. The third-order valence-corrected chi connectivity index (χ3v) is 4.95. The lowest BCUT2D eigenvalue weighted by Gasteiger charge is -2.41. The average Bonchev–Trinajstić information content (AvgIpc) is 2.98. The SMILES string of the molecule is COC(=O)N[C@](N)(C(=O)N1C2CCC(C2)[C@H]1C)C(C)C. The summed E-state index contributed by atoms with van der Waals surface area (Å²) in [6, 6.07) is 0.464. The monoisotopic (exact) mass is 283 g/mol. The lowest BCUT2D eigenvalue weighted by molar-refractivity contribution is -0.144. The molecule has 1 aliphatic heterocycles. The van der Waals surface area contributed by atoms with Crippen molar-refractivity contribution in [1.29, 1.82) is 0 Å². The zero-order chi connectivity index (χ0) is 15.1. The molecule has 2 unspecified atom stereocenters. The van der Waals surface area contributed by atoms with Crippen LogP contribution < -0.4 is 11.1 Å². The second kappa shape index (κ2) is 5.24. The maximum absolute atomic E-state index is 12.9. The molecule has 2 amide bonds. The quantitative estimate of drug-likeness (QED) is 0.758. The number of carbonyl (C=O) groups is 2. The summed E-state index contributed by atoms with van der Waals surface area (Å²) < 4.78 is 4.60. The van der Waals surface area contributed by atoms with Crippen LogP contribution in [0.5, 0.6) is 0 Å². The molecule has 0 radical (unpaired) electrons. The first-order valence-corrected chi connectivity index (χ1v) is 7.29. The van der Waals surface area contributed by atoms with Crippen LogP contribution in [0.15, 0.2) is 0 Å². The third-order valence-electron chi connectivity index (χ3n) is 4.95. The van der Waals surface area contributed by atoms with Crippen molar-refractivity contribution in [2.24, 2.45) is 17.6 Å². The Morgan fingerprint density at radius 2 is 2.05 bits per heavy atom. The summed E-state index contributed by atoms with van der Waals surface area (Å²) in [5.41, 5.74) is 4.82. The fourth-order valence-corrected chi connectivity index (χ4v) is 3.47. The number of likely N-dealkylation sites (tertiary alicyclic amines) is 1. The summed E-state index contributed by atoms with van der Waals surface area (Å²) in [6.07, 6.45) is 2.60. The highest BCUT2D eigenvalue weighted by Gasteiger charge is 2.52. The van der Waals surface area contributed by atoms with Crippen LogP contribution in [0.2, 0.25) is 0 Å². The van der Waals surface area contributed by atoms with Gasteiger partial charge in [-0.1, -0.05) is 13.8 Å². The molecule has 1 heterocycles. The van der Waals surface area contributed by atoms with E-state index in [2.05, 4.69) is 17.0 Å². The van der Waals surface area contributed by atoms with Crippen LogP contribution in [0.3, 0.4) is 0 Å². The zero-order valence-corrected chi connectivity index (χ0v) is 12.7. The highest BCUT2D eigenvalue weighted by atomic mass is 16.5. The lowest BCUT2D eigenvalue weighted by atomic mass is 9.92. The summed E-state index contributed by atoms with van der Waals surface area (Å²) in [6.45, 7) is 5.72. The molecule has 2 rings (SSSR count). The van der Waals surface area contributed by atoms with E-state index in [0.717, 1.165) is 12.8 Å². The molecule has 0 aromatic rings. The fourth-order valence-electron chi connectivity index (χ4n) is 3.47. The number of piperidine rings is 1. The van der Waals surface area contributed by atoms with E-state index in [1.165, 1.54) is 13.5 Å². The Morgan fingerprint density at radius 3 is 2.50 bits per heavy atom. The van der Waals surface area contributed by atoms with E-state index >= 15 is 0 Å². The van der Waals surface area contributed by atoms with Gasteiger partial charge >= 0.3 is 6.09 Å². The Morgan fingerprint density at radius 1 is 1.40 bits per heavy atom. The van der Waals surface area contributed by atoms with Gasteiger partial charge in [-0.3, -0.25) is 10.1 Å². The summed E-state index contributed by atoms with van der Waals surface area (Å²) in [5.74, 6) is 0.150. The number of nitrogens with zero attached hydrogens (tertiary/aromatic N) is 1. The van der Waals surface area contributed by atoms with Gasteiger partial charge in [0.15, 0.2) is 5.66 Å². The Labute approximate surface area is 120 Å². The molecule has 1 aliphatic carbocycles. The Hall–Kier alpha value is -1.30. The molecule has 1 saturated heterocycles. The molecule has 3 N–H and O–H groups in total. The van der Waals surface area contributed by atoms with Crippen molar-refractivity contribution in [3.05, 3.63) is 0 Å². The van der Waals surface area contributed by atoms with E-state index in [-0.39, 0.29) is 23.9 Å². The molecular formula is C14H25N3O3. The number of methoxy groups -OCH3 is 1. The van der Waals surface area contributed by atoms with Crippen molar-refractivity contribution in [3.63, 3.8) is 0 Å². The van der Waals surface area contributed by atoms with Crippen LogP contribution >= 0.6 is 0 Å². The fraction of sp³-hybridized carbons (Fsp3) is 0.857. The van der Waals surface area contributed by atoms with Crippen molar-refractivity contribution < 1.29 is 14.3 Å². The predicted octanol–water partition coefficient (Wildman–Crippen LogP) is 1.05. The largest absolute Gasteiger partial charge is 0.453 e. The van der Waals surface area contributed by atoms with E-state index in [9.17, 15) is 9.59 Å². The molecule has 20 heavy (non-hydrogen) atoms. The van der Waals surface area contributed by atoms with Crippen molar-refractivity contribution in [2.45, 2.75) is 57.8 Å². The lowest BCUT2D eigenvalue weighted by Crippen LogP contribution is -2.70. The molecule has 0 aromatic carbocycles. The summed E-state index contributed by atoms with van der Waals surface area (Å²) in [7, 11) is 1.26. The van der Waals surface area contributed by atoms with E-state index in [1.807, 2.05) is 18.7 Å². The summed E-state index contributed by atoms with van der Waals surface area (Å²) >= 11 is 0. The second-order valence-corrected chi connectivity index (χ2v) is 6.32. The van der Waals surface area contributed by atoms with Crippen LogP contribution in [0.25, 0.3) is 0 Å². The normalized spacial score (nSPS) is 31.3. The van der Waals surface area contributed by atoms with Gasteiger partial charge in [0.2, 0.25) is 0 Å². The number of amides is 2. The highest BCUT2D eigenvalue weighted by molar-refractivity contribution is 5.90. The minimum absolute atomic E-state index is 0.197. The second-order valence-electron chi connectivity index (χ2n) is 6.32. The maximum atomic E-state index is 12.9. The van der Waals surface area contributed by atoms with Gasteiger partial charge in [-0.25, -0.2) is 4.79 Å². The highest BCUT2D eigenvalue weighted by Crippen LogP contribution is 2.43. The first-order valence-electron chi connectivity index (χ1n) is 7.29. The maximum Gasteiger partial charge on any atom is 0.408 e. The van der Waals surface area contributed by atoms with E-state index in [1.54, 1.807) is 0 Å². The number of nitrogens with one attached hydrogen (secondary N) is 1. The van der Waals surface area contributed by atoms with Gasteiger partial charge in [-0.05, 0) is 38.0 Å². The van der Waals surface area contributed by atoms with E-state index < -0.39 is 11.8 Å². The van der Waals surface area contributed by atoms with Gasteiger partial charge in [0.25, 0.3) is 5.91 Å². The number of ether oxygens (including phenoxy) is 1. The topological polar surface area (TPSA) is 84.7 Å². The molecule has 2 bridgehead atoms. The minimum atomic E-state index is -1.41. The van der Waals surface area contributed by atoms with Crippen LogP contribution in [0.4, 0.5) is 4.79 Å². The molecule has 0 aromatic heterocycles. The van der Waals surface area contributed by atoms with E-state index in [4.69, 9.17) is 5.73 Å². The zero-order valence-electron chi connectivity index (χ0n) is 12.7. The van der Waals surface area contributed by atoms with Crippen LogP contribution in [-0.2, 0) is 9.53 Å². The standard InChI is InChI=1S/C14H25N3O3/c1-8(2)14(15,16-13(19)20-4)12(18)17-9(3)10-5-6-11(17)7-10/h8-11H,5-7,15H2,1-4H3,(H,16,19)/t9-,10?,11?,14+/m1/s1. The molecule has 114 valence electrons. The van der Waals surface area contributed by atoms with Crippen LogP contribution in [0, 0.1) is 11.8 Å². The van der Waals surface area contributed by atoms with Gasteiger partial charge in [0.05, 0.1) is 7.11 Å². The Balaban J connectivity index is 2.21. The third kappa shape index (κ3) is 2.26. The first-order chi connectivity index (χ1) is 9.31. The van der Waals surface area contributed by atoms with Crippen LogP contribution in [-0.4, -0.2) is 41.8 Å².